The molecule has 1 aromatic heterocycles. The SMILES string of the molecule is CCOC(CNC(=O)c1cc(C)c(Br)s1)CC(=O)O. The van der Waals surface area contributed by atoms with Crippen LogP contribution in [0, 0.1) is 6.92 Å². The van der Waals surface area contributed by atoms with Crippen molar-refractivity contribution in [3.63, 3.8) is 0 Å². The van der Waals surface area contributed by atoms with Crippen molar-refractivity contribution >= 4 is 39.1 Å². The molecule has 0 aliphatic heterocycles. The average Bonchev–Trinajstić information content (AvgIpc) is 2.66. The fourth-order valence-corrected chi connectivity index (χ4v) is 2.94. The highest BCUT2D eigenvalue weighted by atomic mass is 79.9. The molecule has 0 saturated carbocycles. The van der Waals surface area contributed by atoms with E-state index in [0.29, 0.717) is 11.5 Å². The van der Waals surface area contributed by atoms with E-state index in [0.717, 1.165) is 9.35 Å². The summed E-state index contributed by atoms with van der Waals surface area (Å²) in [6, 6.07) is 1.79. The third-order valence-corrected chi connectivity index (χ3v) is 4.51. The molecule has 0 aromatic carbocycles. The predicted octanol–water partition coefficient (Wildman–Crippen LogP) is 2.43. The second kappa shape index (κ2) is 7.62. The van der Waals surface area contributed by atoms with Gasteiger partial charge in [0, 0.05) is 13.2 Å². The molecule has 2 N–H and O–H groups in total. The summed E-state index contributed by atoms with van der Waals surface area (Å²) >= 11 is 4.71. The maximum Gasteiger partial charge on any atom is 0.306 e. The molecule has 0 bridgehead atoms. The average molecular weight is 350 g/mol. The van der Waals surface area contributed by atoms with Gasteiger partial charge in [0.05, 0.1) is 21.2 Å². The molecule has 19 heavy (non-hydrogen) atoms. The standard InChI is InChI=1S/C12H16BrNO4S/c1-3-18-8(5-10(15)16)6-14-12(17)9-4-7(2)11(13)19-9/h4,8H,3,5-6H2,1-2H3,(H,14,17)(H,15,16). The minimum absolute atomic E-state index is 0.124. The lowest BCUT2D eigenvalue weighted by molar-refractivity contribution is -0.140. The van der Waals surface area contributed by atoms with Crippen molar-refractivity contribution in [2.45, 2.75) is 26.4 Å². The minimum atomic E-state index is -0.942. The van der Waals surface area contributed by atoms with Gasteiger partial charge in [0.25, 0.3) is 5.91 Å². The summed E-state index contributed by atoms with van der Waals surface area (Å²) in [5.41, 5.74) is 1.00. The first-order chi connectivity index (χ1) is 8.93. The molecule has 1 rings (SSSR count). The lowest BCUT2D eigenvalue weighted by atomic mass is 10.2. The maximum absolute atomic E-state index is 11.9. The van der Waals surface area contributed by atoms with Crippen LogP contribution in [0.2, 0.25) is 0 Å². The first kappa shape index (κ1) is 16.1. The molecule has 0 aliphatic carbocycles. The van der Waals surface area contributed by atoms with Gasteiger partial charge in [-0.2, -0.15) is 0 Å². The lowest BCUT2D eigenvalue weighted by Crippen LogP contribution is -2.34. The van der Waals surface area contributed by atoms with E-state index in [4.69, 9.17) is 9.84 Å². The number of hydrogen-bond donors (Lipinski definition) is 2. The van der Waals surface area contributed by atoms with E-state index in [1.165, 1.54) is 11.3 Å². The summed E-state index contributed by atoms with van der Waals surface area (Å²) in [5.74, 6) is -1.16. The Kier molecular flexibility index (Phi) is 6.47. The van der Waals surface area contributed by atoms with Crippen LogP contribution in [0.1, 0.15) is 28.6 Å². The van der Waals surface area contributed by atoms with E-state index in [2.05, 4.69) is 21.2 Å². The number of aryl methyl sites for hydroxylation is 1. The second-order valence-electron chi connectivity index (χ2n) is 3.95. The fraction of sp³-hybridized carbons (Fsp3) is 0.500. The summed E-state index contributed by atoms with van der Waals surface area (Å²) in [4.78, 5) is 23.1. The number of halogens is 1. The molecule has 7 heteroatoms. The van der Waals surface area contributed by atoms with Crippen molar-refractivity contribution in [1.29, 1.82) is 0 Å². The quantitative estimate of drug-likeness (QED) is 0.792. The molecule has 0 fully saturated rings. The molecule has 106 valence electrons. The molecule has 1 unspecified atom stereocenters. The highest BCUT2D eigenvalue weighted by molar-refractivity contribution is 9.11. The Morgan fingerprint density at radius 3 is 2.74 bits per heavy atom. The number of rotatable bonds is 7. The minimum Gasteiger partial charge on any atom is -0.481 e. The number of carbonyl (C=O) groups is 2. The van der Waals surface area contributed by atoms with Crippen LogP contribution in [0.15, 0.2) is 9.85 Å². The van der Waals surface area contributed by atoms with Crippen molar-refractivity contribution in [2.24, 2.45) is 0 Å². The first-order valence-corrected chi connectivity index (χ1v) is 7.42. The molecular formula is C12H16BrNO4S. The van der Waals surface area contributed by atoms with E-state index >= 15 is 0 Å². The van der Waals surface area contributed by atoms with Gasteiger partial charge < -0.3 is 15.2 Å². The Labute approximate surface area is 124 Å². The third kappa shape index (κ3) is 5.30. The number of carboxylic acids is 1. The number of aliphatic carboxylic acids is 1. The Morgan fingerprint density at radius 1 is 1.58 bits per heavy atom. The number of carboxylic acid groups (broad SMARTS) is 1. The van der Waals surface area contributed by atoms with Gasteiger partial charge in [-0.15, -0.1) is 11.3 Å². The monoisotopic (exact) mass is 349 g/mol. The van der Waals surface area contributed by atoms with Crippen molar-refractivity contribution in [2.75, 3.05) is 13.2 Å². The van der Waals surface area contributed by atoms with Crippen molar-refractivity contribution in [3.05, 3.63) is 20.3 Å². The van der Waals surface area contributed by atoms with Gasteiger partial charge in [-0.3, -0.25) is 9.59 Å². The molecule has 1 amide bonds. The van der Waals surface area contributed by atoms with Gasteiger partial charge in [0.15, 0.2) is 0 Å². The van der Waals surface area contributed by atoms with E-state index in [1.54, 1.807) is 13.0 Å². The fourth-order valence-electron chi connectivity index (χ4n) is 1.49. The van der Waals surface area contributed by atoms with Crippen LogP contribution < -0.4 is 5.32 Å². The molecule has 0 aliphatic rings. The number of ether oxygens (including phenoxy) is 1. The van der Waals surface area contributed by atoms with Gasteiger partial charge >= 0.3 is 5.97 Å². The largest absolute Gasteiger partial charge is 0.481 e. The summed E-state index contributed by atoms with van der Waals surface area (Å²) in [6.45, 7) is 4.30. The topological polar surface area (TPSA) is 75.6 Å². The van der Waals surface area contributed by atoms with Crippen LogP contribution in [0.3, 0.4) is 0 Å². The molecule has 1 atom stereocenters. The van der Waals surface area contributed by atoms with E-state index in [1.807, 2.05) is 6.92 Å². The lowest BCUT2D eigenvalue weighted by Gasteiger charge is -2.15. The van der Waals surface area contributed by atoms with E-state index < -0.39 is 12.1 Å². The van der Waals surface area contributed by atoms with Gasteiger partial charge in [0.1, 0.15) is 0 Å². The van der Waals surface area contributed by atoms with Gasteiger partial charge in [-0.05, 0) is 41.4 Å². The highest BCUT2D eigenvalue weighted by Crippen LogP contribution is 2.27. The number of hydrogen-bond acceptors (Lipinski definition) is 4. The van der Waals surface area contributed by atoms with Crippen molar-refractivity contribution < 1.29 is 19.4 Å². The normalized spacial score (nSPS) is 12.2. The van der Waals surface area contributed by atoms with E-state index in [-0.39, 0.29) is 18.9 Å². The molecule has 0 radical (unpaired) electrons. The Hall–Kier alpha value is -0.920. The summed E-state index contributed by atoms with van der Waals surface area (Å²) in [7, 11) is 0. The van der Waals surface area contributed by atoms with Crippen LogP contribution in [0.4, 0.5) is 0 Å². The van der Waals surface area contributed by atoms with Crippen molar-refractivity contribution in [3.8, 4) is 0 Å². The van der Waals surface area contributed by atoms with Gasteiger partial charge in [0.2, 0.25) is 0 Å². The second-order valence-corrected chi connectivity index (χ2v) is 6.32. The zero-order chi connectivity index (χ0) is 14.4. The molecule has 1 aromatic rings. The Balaban J connectivity index is 2.53. The van der Waals surface area contributed by atoms with Crippen LogP contribution in [-0.2, 0) is 9.53 Å². The molecule has 0 saturated heterocycles. The van der Waals surface area contributed by atoms with E-state index in [9.17, 15) is 9.59 Å². The summed E-state index contributed by atoms with van der Waals surface area (Å²) in [5, 5.41) is 11.4. The van der Waals surface area contributed by atoms with Crippen LogP contribution in [0.25, 0.3) is 0 Å². The number of thiophene rings is 1. The molecule has 0 spiro atoms. The molecular weight excluding hydrogens is 334 g/mol. The smallest absolute Gasteiger partial charge is 0.306 e. The van der Waals surface area contributed by atoms with Crippen LogP contribution in [0.5, 0.6) is 0 Å². The Bertz CT molecular complexity index is 441. The van der Waals surface area contributed by atoms with Crippen LogP contribution in [-0.4, -0.2) is 36.2 Å². The zero-order valence-corrected chi connectivity index (χ0v) is 13.1. The number of amides is 1. The first-order valence-electron chi connectivity index (χ1n) is 5.81. The third-order valence-electron chi connectivity index (χ3n) is 2.38. The zero-order valence-electron chi connectivity index (χ0n) is 10.7. The number of carbonyl (C=O) groups excluding carboxylic acids is 1. The predicted molar refractivity (Wildman–Crippen MR) is 76.8 cm³/mol. The molecule has 5 nitrogen and oxygen atoms in total. The van der Waals surface area contributed by atoms with Gasteiger partial charge in [-0.25, -0.2) is 0 Å². The Morgan fingerprint density at radius 2 is 2.26 bits per heavy atom. The van der Waals surface area contributed by atoms with Crippen LogP contribution >= 0.6 is 27.3 Å². The molecule has 1 heterocycles. The van der Waals surface area contributed by atoms with Gasteiger partial charge in [-0.1, -0.05) is 0 Å². The maximum atomic E-state index is 11.9. The summed E-state index contributed by atoms with van der Waals surface area (Å²) in [6.07, 6.45) is -0.627. The van der Waals surface area contributed by atoms with Crippen molar-refractivity contribution in [1.82, 2.24) is 5.32 Å². The number of nitrogens with one attached hydrogen (secondary N) is 1. The summed E-state index contributed by atoms with van der Waals surface area (Å²) < 4.78 is 6.19. The highest BCUT2D eigenvalue weighted by Gasteiger charge is 2.16.